The van der Waals surface area contributed by atoms with Gasteiger partial charge in [-0.1, -0.05) is 0 Å². The van der Waals surface area contributed by atoms with E-state index < -0.39 is 0 Å². The van der Waals surface area contributed by atoms with Crippen molar-refractivity contribution >= 4 is 21.6 Å². The molecule has 2 heterocycles. The third kappa shape index (κ3) is 3.36. The quantitative estimate of drug-likeness (QED) is 0.923. The van der Waals surface area contributed by atoms with Crippen LogP contribution in [0.2, 0.25) is 0 Å². The van der Waals surface area contributed by atoms with Gasteiger partial charge in [-0.05, 0) is 56.2 Å². The van der Waals surface area contributed by atoms with Crippen LogP contribution in [0, 0.1) is 0 Å². The van der Waals surface area contributed by atoms with E-state index in [1.807, 2.05) is 13.8 Å². The van der Waals surface area contributed by atoms with Crippen molar-refractivity contribution in [2.75, 3.05) is 25.5 Å². The van der Waals surface area contributed by atoms with Crippen LogP contribution in [0.25, 0.3) is 0 Å². The zero-order valence-corrected chi connectivity index (χ0v) is 13.3. The predicted octanol–water partition coefficient (Wildman–Crippen LogP) is 2.09. The minimum atomic E-state index is -0.0795. The minimum absolute atomic E-state index is 0.0682. The first-order valence-corrected chi connectivity index (χ1v) is 7.50. The number of halogens is 1. The molecule has 0 aliphatic carbocycles. The fraction of sp³-hybridized carbons (Fsp3) is 0.692. The third-order valence-electron chi connectivity index (χ3n) is 3.42. The lowest BCUT2D eigenvalue weighted by Crippen LogP contribution is -2.40. The van der Waals surface area contributed by atoms with Crippen LogP contribution in [-0.4, -0.2) is 40.9 Å². The maximum absolute atomic E-state index is 12.1. The van der Waals surface area contributed by atoms with Crippen LogP contribution in [0.5, 0.6) is 0 Å². The lowest BCUT2D eigenvalue weighted by Gasteiger charge is -2.31. The van der Waals surface area contributed by atoms with Crippen molar-refractivity contribution in [3.63, 3.8) is 0 Å². The highest BCUT2D eigenvalue weighted by atomic mass is 79.9. The summed E-state index contributed by atoms with van der Waals surface area (Å²) in [6.07, 6.45) is 4.05. The van der Waals surface area contributed by atoms with E-state index in [9.17, 15) is 4.79 Å². The summed E-state index contributed by atoms with van der Waals surface area (Å²) in [6.45, 7) is 6.04. The first-order chi connectivity index (χ1) is 8.99. The molecule has 1 aliphatic rings. The Bertz CT molecular complexity index is 500. The second-order valence-corrected chi connectivity index (χ2v) is 6.25. The van der Waals surface area contributed by atoms with E-state index in [0.717, 1.165) is 25.2 Å². The maximum atomic E-state index is 12.1. The molecule has 0 radical (unpaired) electrons. The summed E-state index contributed by atoms with van der Waals surface area (Å²) in [4.78, 5) is 14.4. The van der Waals surface area contributed by atoms with Gasteiger partial charge in [-0.15, -0.1) is 0 Å². The summed E-state index contributed by atoms with van der Waals surface area (Å²) in [6, 6.07) is 0.449. The zero-order chi connectivity index (χ0) is 14.0. The Hall–Kier alpha value is -0.880. The summed E-state index contributed by atoms with van der Waals surface area (Å²) in [7, 11) is 2.12. The van der Waals surface area contributed by atoms with Gasteiger partial charge in [-0.25, -0.2) is 4.68 Å². The Morgan fingerprint density at radius 2 is 2.26 bits per heavy atom. The average Bonchev–Trinajstić information content (AvgIpc) is 2.35. The molecule has 0 amide bonds. The van der Waals surface area contributed by atoms with Gasteiger partial charge in [0.2, 0.25) is 0 Å². The van der Waals surface area contributed by atoms with Crippen LogP contribution in [0.1, 0.15) is 32.7 Å². The highest BCUT2D eigenvalue weighted by Gasteiger charge is 2.19. The molecule has 1 unspecified atom stereocenters. The Balaban J connectivity index is 2.17. The smallest absolute Gasteiger partial charge is 0.283 e. The van der Waals surface area contributed by atoms with Gasteiger partial charge in [0.1, 0.15) is 4.47 Å². The normalized spacial score (nSPS) is 20.8. The fourth-order valence-corrected chi connectivity index (χ4v) is 2.82. The van der Waals surface area contributed by atoms with Gasteiger partial charge >= 0.3 is 0 Å². The topological polar surface area (TPSA) is 50.2 Å². The number of hydrogen-bond acceptors (Lipinski definition) is 4. The van der Waals surface area contributed by atoms with Crippen LogP contribution in [0.4, 0.5) is 5.69 Å². The molecule has 1 aliphatic heterocycles. The SMILES string of the molecule is CC(C)n1ncc(NC2CCCN(C)C2)c(Br)c1=O. The average molecular weight is 329 g/mol. The van der Waals surface area contributed by atoms with E-state index in [1.54, 1.807) is 6.20 Å². The number of likely N-dealkylation sites (tertiary alicyclic amines) is 1. The Labute approximate surface area is 122 Å². The van der Waals surface area contributed by atoms with Gasteiger partial charge in [-0.3, -0.25) is 4.79 Å². The number of nitrogens with one attached hydrogen (secondary N) is 1. The maximum Gasteiger partial charge on any atom is 0.283 e. The Morgan fingerprint density at radius 3 is 2.89 bits per heavy atom. The number of nitrogens with zero attached hydrogens (tertiary/aromatic N) is 3. The van der Waals surface area contributed by atoms with E-state index in [1.165, 1.54) is 11.1 Å². The lowest BCUT2D eigenvalue weighted by molar-refractivity contribution is 0.261. The highest BCUT2D eigenvalue weighted by molar-refractivity contribution is 9.10. The monoisotopic (exact) mass is 328 g/mol. The van der Waals surface area contributed by atoms with Gasteiger partial charge in [0.15, 0.2) is 0 Å². The molecule has 0 bridgehead atoms. The number of likely N-dealkylation sites (N-methyl/N-ethyl adjacent to an activating group) is 1. The molecule has 6 heteroatoms. The molecule has 0 saturated carbocycles. The van der Waals surface area contributed by atoms with Crippen molar-refractivity contribution in [3.8, 4) is 0 Å². The van der Waals surface area contributed by atoms with Gasteiger partial charge in [0.05, 0.1) is 17.9 Å². The van der Waals surface area contributed by atoms with Crippen molar-refractivity contribution in [1.29, 1.82) is 0 Å². The summed E-state index contributed by atoms with van der Waals surface area (Å²) in [5.41, 5.74) is 0.714. The molecule has 1 saturated heterocycles. The van der Waals surface area contributed by atoms with E-state index in [-0.39, 0.29) is 11.6 Å². The summed E-state index contributed by atoms with van der Waals surface area (Å²) >= 11 is 3.39. The molecule has 1 fully saturated rings. The van der Waals surface area contributed by atoms with Crippen LogP contribution < -0.4 is 10.9 Å². The van der Waals surface area contributed by atoms with Crippen LogP contribution >= 0.6 is 15.9 Å². The Kier molecular flexibility index (Phi) is 4.62. The molecular formula is C13H21BrN4O. The molecule has 0 aromatic carbocycles. The van der Waals surface area contributed by atoms with E-state index >= 15 is 0 Å². The summed E-state index contributed by atoms with van der Waals surface area (Å²) < 4.78 is 2.06. The van der Waals surface area contributed by atoms with Gasteiger partial charge in [-0.2, -0.15) is 5.10 Å². The molecular weight excluding hydrogens is 308 g/mol. The highest BCUT2D eigenvalue weighted by Crippen LogP contribution is 2.20. The number of aromatic nitrogens is 2. The second-order valence-electron chi connectivity index (χ2n) is 5.46. The molecule has 1 atom stereocenters. The van der Waals surface area contributed by atoms with Crippen molar-refractivity contribution in [3.05, 3.63) is 21.0 Å². The molecule has 1 aromatic rings. The summed E-state index contributed by atoms with van der Waals surface area (Å²) in [5, 5.41) is 7.64. The van der Waals surface area contributed by atoms with Crippen LogP contribution in [0.3, 0.4) is 0 Å². The summed E-state index contributed by atoms with van der Waals surface area (Å²) in [5.74, 6) is 0. The third-order valence-corrected chi connectivity index (χ3v) is 4.18. The van der Waals surface area contributed by atoms with Crippen LogP contribution in [-0.2, 0) is 0 Å². The van der Waals surface area contributed by atoms with Crippen molar-refractivity contribution in [2.45, 2.75) is 38.8 Å². The fourth-order valence-electron chi connectivity index (χ4n) is 2.42. The number of rotatable bonds is 3. The van der Waals surface area contributed by atoms with Crippen molar-refractivity contribution in [1.82, 2.24) is 14.7 Å². The zero-order valence-electron chi connectivity index (χ0n) is 11.7. The van der Waals surface area contributed by atoms with Crippen molar-refractivity contribution in [2.24, 2.45) is 0 Å². The molecule has 2 rings (SSSR count). The molecule has 1 N–H and O–H groups in total. The van der Waals surface area contributed by atoms with E-state index in [2.05, 4.69) is 38.3 Å². The van der Waals surface area contributed by atoms with Gasteiger partial charge in [0.25, 0.3) is 5.56 Å². The van der Waals surface area contributed by atoms with Gasteiger partial charge in [0, 0.05) is 12.6 Å². The lowest BCUT2D eigenvalue weighted by atomic mass is 10.1. The first kappa shape index (κ1) is 14.5. The van der Waals surface area contributed by atoms with Crippen LogP contribution in [0.15, 0.2) is 15.5 Å². The predicted molar refractivity (Wildman–Crippen MR) is 80.7 cm³/mol. The van der Waals surface area contributed by atoms with Gasteiger partial charge < -0.3 is 10.2 Å². The molecule has 1 aromatic heterocycles. The second kappa shape index (κ2) is 6.05. The first-order valence-electron chi connectivity index (χ1n) is 6.71. The standard InChI is InChI=1S/C13H21BrN4O/c1-9(2)18-13(19)12(14)11(7-15-18)16-10-5-4-6-17(3)8-10/h7,9-10,16H,4-6,8H2,1-3H3. The number of hydrogen-bond donors (Lipinski definition) is 1. The van der Waals surface area contributed by atoms with E-state index in [0.29, 0.717) is 10.5 Å². The Morgan fingerprint density at radius 1 is 1.53 bits per heavy atom. The van der Waals surface area contributed by atoms with E-state index in [4.69, 9.17) is 0 Å². The minimum Gasteiger partial charge on any atom is -0.379 e. The number of anilines is 1. The molecule has 19 heavy (non-hydrogen) atoms. The van der Waals surface area contributed by atoms with Crippen molar-refractivity contribution < 1.29 is 0 Å². The molecule has 0 spiro atoms. The molecule has 106 valence electrons. The largest absolute Gasteiger partial charge is 0.379 e. The molecule has 5 nitrogen and oxygen atoms in total. The number of piperidine rings is 1.